The van der Waals surface area contributed by atoms with E-state index in [-0.39, 0.29) is 36.5 Å². The molecule has 0 atom stereocenters. The summed E-state index contributed by atoms with van der Waals surface area (Å²) in [5, 5.41) is 0. The Hall–Kier alpha value is -2.37. The zero-order chi connectivity index (χ0) is 18.4. The van der Waals surface area contributed by atoms with Crippen molar-refractivity contribution in [1.29, 1.82) is 0 Å². The summed E-state index contributed by atoms with van der Waals surface area (Å²) >= 11 is 0. The maximum atomic E-state index is 12.7. The predicted octanol–water partition coefficient (Wildman–Crippen LogP) is 2.66. The van der Waals surface area contributed by atoms with Crippen LogP contribution in [0.1, 0.15) is 52.9 Å². The van der Waals surface area contributed by atoms with Crippen LogP contribution in [0.2, 0.25) is 0 Å². The van der Waals surface area contributed by atoms with Crippen molar-refractivity contribution in [2.24, 2.45) is 5.92 Å². The largest absolute Gasteiger partial charge is 0.461 e. The third kappa shape index (κ3) is 4.34. The number of nitrogens with zero attached hydrogens (tertiary/aromatic N) is 1. The number of carbonyl (C=O) groups excluding carboxylic acids is 3. The van der Waals surface area contributed by atoms with E-state index < -0.39 is 5.97 Å². The molecule has 0 aliphatic carbocycles. The van der Waals surface area contributed by atoms with Crippen LogP contribution in [-0.2, 0) is 9.53 Å². The van der Waals surface area contributed by atoms with Gasteiger partial charge in [-0.1, -0.05) is 19.9 Å². The van der Waals surface area contributed by atoms with Gasteiger partial charge in [0.05, 0.1) is 13.2 Å². The first-order valence-electron chi connectivity index (χ1n) is 8.03. The van der Waals surface area contributed by atoms with Crippen LogP contribution in [0.3, 0.4) is 0 Å². The predicted molar refractivity (Wildman–Crippen MR) is 92.2 cm³/mol. The van der Waals surface area contributed by atoms with Crippen LogP contribution in [0.15, 0.2) is 12.7 Å². The summed E-state index contributed by atoms with van der Waals surface area (Å²) < 4.78 is 4.99. The summed E-state index contributed by atoms with van der Waals surface area (Å²) in [5.41, 5.74) is 1.86. The van der Waals surface area contributed by atoms with Gasteiger partial charge in [0.25, 0.3) is 0 Å². The fourth-order valence-corrected chi connectivity index (χ4v) is 2.58. The lowest BCUT2D eigenvalue weighted by Gasteiger charge is -2.22. The van der Waals surface area contributed by atoms with Gasteiger partial charge in [-0.15, -0.1) is 6.58 Å². The minimum absolute atomic E-state index is 0.0508. The molecule has 0 bridgehead atoms. The molecule has 1 heterocycles. The van der Waals surface area contributed by atoms with Crippen molar-refractivity contribution in [3.8, 4) is 0 Å². The molecular weight excluding hydrogens is 308 g/mol. The van der Waals surface area contributed by atoms with Gasteiger partial charge in [-0.05, 0) is 26.3 Å². The molecule has 0 aromatic carbocycles. The molecule has 1 aromatic heterocycles. The van der Waals surface area contributed by atoms with E-state index >= 15 is 0 Å². The van der Waals surface area contributed by atoms with E-state index in [1.54, 1.807) is 40.7 Å². The molecule has 0 unspecified atom stereocenters. The number of ether oxygens (including phenoxy) is 1. The Kier molecular flexibility index (Phi) is 6.95. The molecule has 6 nitrogen and oxygen atoms in total. The molecule has 0 saturated carbocycles. The smallest absolute Gasteiger partial charge is 0.355 e. The molecule has 0 radical (unpaired) electrons. The molecule has 0 aliphatic rings. The van der Waals surface area contributed by atoms with E-state index in [2.05, 4.69) is 11.6 Å². The number of esters is 1. The quantitative estimate of drug-likeness (QED) is 0.450. The van der Waals surface area contributed by atoms with Crippen molar-refractivity contribution in [2.75, 3.05) is 19.7 Å². The van der Waals surface area contributed by atoms with E-state index in [1.807, 2.05) is 0 Å². The van der Waals surface area contributed by atoms with Crippen molar-refractivity contribution >= 4 is 17.7 Å². The molecule has 1 rings (SSSR count). The van der Waals surface area contributed by atoms with Crippen LogP contribution in [0.4, 0.5) is 0 Å². The zero-order valence-electron chi connectivity index (χ0n) is 15.1. The highest BCUT2D eigenvalue weighted by atomic mass is 16.5. The molecular formula is C18H26N2O4. The lowest BCUT2D eigenvalue weighted by molar-refractivity contribution is -0.133. The van der Waals surface area contributed by atoms with Crippen molar-refractivity contribution in [3.05, 3.63) is 35.2 Å². The zero-order valence-corrected chi connectivity index (χ0v) is 15.1. The van der Waals surface area contributed by atoms with Gasteiger partial charge in [0, 0.05) is 23.7 Å². The molecule has 6 heteroatoms. The SMILES string of the molecule is C=CCN(CC(=O)c1c(C)[nH]c(C(=O)OCC)c1C)C(=O)C(C)C. The van der Waals surface area contributed by atoms with Gasteiger partial charge in [0.2, 0.25) is 5.91 Å². The summed E-state index contributed by atoms with van der Waals surface area (Å²) in [7, 11) is 0. The molecule has 0 spiro atoms. The Bertz CT molecular complexity index is 644. The summed E-state index contributed by atoms with van der Waals surface area (Å²) in [6, 6.07) is 0. The molecule has 0 fully saturated rings. The number of Topliss-reactive ketones (excluding diaryl/α,β-unsaturated/α-hetero) is 1. The van der Waals surface area contributed by atoms with Gasteiger partial charge in [-0.3, -0.25) is 9.59 Å². The molecule has 1 N–H and O–H groups in total. The number of aromatic amines is 1. The van der Waals surface area contributed by atoms with Gasteiger partial charge in [0.15, 0.2) is 5.78 Å². The average molecular weight is 334 g/mol. The summed E-state index contributed by atoms with van der Waals surface area (Å²) in [6.07, 6.45) is 1.59. The van der Waals surface area contributed by atoms with E-state index in [4.69, 9.17) is 4.74 Å². The van der Waals surface area contributed by atoms with Crippen molar-refractivity contribution < 1.29 is 19.1 Å². The van der Waals surface area contributed by atoms with Crippen molar-refractivity contribution in [2.45, 2.75) is 34.6 Å². The van der Waals surface area contributed by atoms with Gasteiger partial charge < -0.3 is 14.6 Å². The van der Waals surface area contributed by atoms with E-state index in [0.717, 1.165) is 0 Å². The molecule has 24 heavy (non-hydrogen) atoms. The highest BCUT2D eigenvalue weighted by Gasteiger charge is 2.25. The van der Waals surface area contributed by atoms with Crippen LogP contribution in [0, 0.1) is 19.8 Å². The summed E-state index contributed by atoms with van der Waals surface area (Å²) in [4.78, 5) is 41.2. The second-order valence-corrected chi connectivity index (χ2v) is 5.93. The number of aryl methyl sites for hydroxylation is 1. The third-order valence-electron chi connectivity index (χ3n) is 3.69. The number of carbonyl (C=O) groups is 3. The lowest BCUT2D eigenvalue weighted by Crippen LogP contribution is -2.38. The Morgan fingerprint density at radius 1 is 1.29 bits per heavy atom. The van der Waals surface area contributed by atoms with Gasteiger partial charge in [-0.25, -0.2) is 4.79 Å². The minimum Gasteiger partial charge on any atom is -0.461 e. The molecule has 0 saturated heterocycles. The van der Waals surface area contributed by atoms with E-state index in [0.29, 0.717) is 23.4 Å². The van der Waals surface area contributed by atoms with Crippen LogP contribution < -0.4 is 0 Å². The highest BCUT2D eigenvalue weighted by molar-refractivity contribution is 6.04. The third-order valence-corrected chi connectivity index (χ3v) is 3.69. The Balaban J connectivity index is 3.08. The number of ketones is 1. The maximum Gasteiger partial charge on any atom is 0.355 e. The Morgan fingerprint density at radius 3 is 2.42 bits per heavy atom. The van der Waals surface area contributed by atoms with Gasteiger partial charge in [0.1, 0.15) is 5.69 Å². The topological polar surface area (TPSA) is 79.5 Å². The summed E-state index contributed by atoms with van der Waals surface area (Å²) in [5.74, 6) is -1.02. The van der Waals surface area contributed by atoms with E-state index in [1.165, 1.54) is 4.90 Å². The number of hydrogen-bond donors (Lipinski definition) is 1. The first-order chi connectivity index (χ1) is 11.2. The first-order valence-corrected chi connectivity index (χ1v) is 8.03. The number of aromatic nitrogens is 1. The maximum absolute atomic E-state index is 12.7. The van der Waals surface area contributed by atoms with Crippen LogP contribution in [0.5, 0.6) is 0 Å². The summed E-state index contributed by atoms with van der Waals surface area (Å²) in [6.45, 7) is 12.9. The van der Waals surface area contributed by atoms with Gasteiger partial charge in [-0.2, -0.15) is 0 Å². The van der Waals surface area contributed by atoms with Crippen LogP contribution >= 0.6 is 0 Å². The second kappa shape index (κ2) is 8.47. The molecule has 0 aliphatic heterocycles. The highest BCUT2D eigenvalue weighted by Crippen LogP contribution is 2.20. The fraction of sp³-hybridized carbons (Fsp3) is 0.500. The normalized spacial score (nSPS) is 10.6. The second-order valence-electron chi connectivity index (χ2n) is 5.93. The van der Waals surface area contributed by atoms with Crippen molar-refractivity contribution in [3.63, 3.8) is 0 Å². The lowest BCUT2D eigenvalue weighted by atomic mass is 10.0. The van der Waals surface area contributed by atoms with Crippen LogP contribution in [0.25, 0.3) is 0 Å². The first kappa shape index (κ1) is 19.7. The fourth-order valence-electron chi connectivity index (χ4n) is 2.58. The number of rotatable bonds is 8. The van der Waals surface area contributed by atoms with Gasteiger partial charge >= 0.3 is 5.97 Å². The molecule has 132 valence electrons. The van der Waals surface area contributed by atoms with Crippen LogP contribution in [-0.4, -0.2) is 47.2 Å². The monoisotopic (exact) mass is 334 g/mol. The number of nitrogens with one attached hydrogen (secondary N) is 1. The minimum atomic E-state index is -0.488. The van der Waals surface area contributed by atoms with Crippen molar-refractivity contribution in [1.82, 2.24) is 9.88 Å². The van der Waals surface area contributed by atoms with E-state index in [9.17, 15) is 14.4 Å². The Morgan fingerprint density at radius 2 is 1.92 bits per heavy atom. The molecule has 1 aromatic rings. The standard InChI is InChI=1S/C18H26N2O4/c1-7-9-20(17(22)11(3)4)10-14(21)15-12(5)16(19-13(15)6)18(23)24-8-2/h7,11,19H,1,8-10H2,2-6H3. The number of H-pyrrole nitrogens is 1. The molecule has 1 amide bonds. The Labute approximate surface area is 142 Å². The average Bonchev–Trinajstić information content (AvgIpc) is 2.81. The number of amides is 1. The number of hydrogen-bond acceptors (Lipinski definition) is 4.